The van der Waals surface area contributed by atoms with Gasteiger partial charge in [0.15, 0.2) is 12.0 Å². The molecule has 4 aromatic rings. The number of non-ortho nitro benzene ring substituents is 2. The highest BCUT2D eigenvalue weighted by molar-refractivity contribution is 7.89. The lowest BCUT2D eigenvalue weighted by molar-refractivity contribution is -0.385. The standard InChI is InChI=1S/C28H23N5O6S/c1-19-9-13-23(14-10-19)30-27(21-5-3-7-24(17-21)32(34)35)29-31(40(38,39)26-15-11-20(2)12-16-26)28(30)22-6-4-8-25(18-22)33(36)37/h3-18,28H,1-2H3. The van der Waals surface area contributed by atoms with Crippen molar-refractivity contribution in [2.45, 2.75) is 24.9 Å². The van der Waals surface area contributed by atoms with E-state index in [0.29, 0.717) is 11.3 Å². The third kappa shape index (κ3) is 4.87. The van der Waals surface area contributed by atoms with Gasteiger partial charge in [0.25, 0.3) is 21.4 Å². The van der Waals surface area contributed by atoms with Crippen LogP contribution in [0.5, 0.6) is 0 Å². The molecule has 0 amide bonds. The quantitative estimate of drug-likeness (QED) is 0.210. The third-order valence-corrected chi connectivity index (χ3v) is 8.09. The number of benzene rings is 4. The first-order valence-corrected chi connectivity index (χ1v) is 13.5. The summed E-state index contributed by atoms with van der Waals surface area (Å²) in [5, 5.41) is 27.7. The van der Waals surface area contributed by atoms with E-state index in [2.05, 4.69) is 5.10 Å². The summed E-state index contributed by atoms with van der Waals surface area (Å²) < 4.78 is 29.1. The fourth-order valence-electron chi connectivity index (χ4n) is 4.41. The van der Waals surface area contributed by atoms with Crippen molar-refractivity contribution in [1.82, 2.24) is 4.41 Å². The second-order valence-corrected chi connectivity index (χ2v) is 11.0. The van der Waals surface area contributed by atoms with Crippen LogP contribution in [0.2, 0.25) is 0 Å². The topological polar surface area (TPSA) is 139 Å². The maximum absolute atomic E-state index is 14.1. The number of nitro groups is 2. The number of aryl methyl sites for hydroxylation is 2. The lowest BCUT2D eigenvalue weighted by Gasteiger charge is -2.31. The number of rotatable bonds is 7. The summed E-state index contributed by atoms with van der Waals surface area (Å²) in [6.45, 7) is 3.73. The minimum Gasteiger partial charge on any atom is -0.297 e. The number of sulfonamides is 1. The number of nitrogens with zero attached hydrogens (tertiary/aromatic N) is 5. The summed E-state index contributed by atoms with van der Waals surface area (Å²) in [6, 6.07) is 24.9. The SMILES string of the molecule is Cc1ccc(N2C(c3cccc([N+](=O)[O-])c3)=NN(S(=O)(=O)c3ccc(C)cc3)C2c2cccc([N+](=O)[O-])c2)cc1. The highest BCUT2D eigenvalue weighted by Crippen LogP contribution is 2.41. The molecule has 0 spiro atoms. The molecular weight excluding hydrogens is 534 g/mol. The zero-order valence-corrected chi connectivity index (χ0v) is 22.2. The number of anilines is 1. The molecule has 0 fully saturated rings. The molecule has 40 heavy (non-hydrogen) atoms. The largest absolute Gasteiger partial charge is 0.297 e. The molecule has 202 valence electrons. The molecule has 4 aromatic carbocycles. The number of hydrazone groups is 1. The second-order valence-electron chi connectivity index (χ2n) is 9.25. The lowest BCUT2D eigenvalue weighted by Crippen LogP contribution is -2.38. The van der Waals surface area contributed by atoms with Crippen LogP contribution in [0, 0.1) is 34.1 Å². The molecule has 1 atom stereocenters. The van der Waals surface area contributed by atoms with Crippen LogP contribution in [0.4, 0.5) is 17.1 Å². The number of amidine groups is 1. The fourth-order valence-corrected chi connectivity index (χ4v) is 5.77. The molecule has 0 N–H and O–H groups in total. The van der Waals surface area contributed by atoms with E-state index in [0.717, 1.165) is 15.5 Å². The molecule has 0 bridgehead atoms. The Kier molecular flexibility index (Phi) is 6.78. The number of nitro benzene ring substituents is 2. The molecule has 1 unspecified atom stereocenters. The second kappa shape index (κ2) is 10.2. The Morgan fingerprint density at radius 3 is 1.90 bits per heavy atom. The van der Waals surface area contributed by atoms with E-state index in [-0.39, 0.29) is 27.7 Å². The Balaban J connectivity index is 1.79. The van der Waals surface area contributed by atoms with E-state index in [9.17, 15) is 28.6 Å². The zero-order valence-electron chi connectivity index (χ0n) is 21.4. The van der Waals surface area contributed by atoms with Gasteiger partial charge in [0.1, 0.15) is 0 Å². The van der Waals surface area contributed by atoms with Crippen molar-refractivity contribution in [1.29, 1.82) is 0 Å². The van der Waals surface area contributed by atoms with Crippen LogP contribution in [0.3, 0.4) is 0 Å². The monoisotopic (exact) mass is 557 g/mol. The number of hydrogen-bond acceptors (Lipinski definition) is 8. The van der Waals surface area contributed by atoms with Gasteiger partial charge in [0.2, 0.25) is 0 Å². The van der Waals surface area contributed by atoms with Crippen LogP contribution >= 0.6 is 0 Å². The van der Waals surface area contributed by atoms with Gasteiger partial charge < -0.3 is 0 Å². The van der Waals surface area contributed by atoms with Gasteiger partial charge in [0.05, 0.1) is 14.7 Å². The van der Waals surface area contributed by atoms with Gasteiger partial charge in [-0.3, -0.25) is 25.1 Å². The molecule has 0 aliphatic carbocycles. The minimum absolute atomic E-state index is 0.0265. The van der Waals surface area contributed by atoms with Crippen molar-refractivity contribution < 1.29 is 18.3 Å². The minimum atomic E-state index is -4.30. The molecule has 12 heteroatoms. The Bertz CT molecular complexity index is 1750. The summed E-state index contributed by atoms with van der Waals surface area (Å²) in [5.74, 6) is 0.125. The molecule has 0 saturated heterocycles. The van der Waals surface area contributed by atoms with Crippen molar-refractivity contribution >= 4 is 32.9 Å². The molecule has 1 aliphatic heterocycles. The summed E-state index contributed by atoms with van der Waals surface area (Å²) >= 11 is 0. The lowest BCUT2D eigenvalue weighted by atomic mass is 10.1. The Morgan fingerprint density at radius 1 is 0.750 bits per heavy atom. The zero-order chi connectivity index (χ0) is 28.6. The smallest absolute Gasteiger partial charge is 0.281 e. The summed E-state index contributed by atoms with van der Waals surface area (Å²) in [6.07, 6.45) is -1.18. The first kappa shape index (κ1) is 26.5. The average Bonchev–Trinajstić information content (AvgIpc) is 3.35. The molecule has 1 aliphatic rings. The molecule has 0 saturated carbocycles. The van der Waals surface area contributed by atoms with Gasteiger partial charge in [-0.2, -0.15) is 12.8 Å². The van der Waals surface area contributed by atoms with Gasteiger partial charge in [-0.25, -0.2) is 0 Å². The van der Waals surface area contributed by atoms with Crippen LogP contribution < -0.4 is 4.90 Å². The van der Waals surface area contributed by atoms with E-state index in [1.165, 1.54) is 48.5 Å². The van der Waals surface area contributed by atoms with E-state index in [1.807, 2.05) is 26.0 Å². The maximum Gasteiger partial charge on any atom is 0.281 e. The van der Waals surface area contributed by atoms with E-state index < -0.39 is 26.0 Å². The van der Waals surface area contributed by atoms with Crippen LogP contribution in [-0.4, -0.2) is 28.5 Å². The summed E-state index contributed by atoms with van der Waals surface area (Å²) in [7, 11) is -4.30. The predicted molar refractivity (Wildman–Crippen MR) is 149 cm³/mol. The van der Waals surface area contributed by atoms with Crippen molar-refractivity contribution in [3.05, 3.63) is 140 Å². The van der Waals surface area contributed by atoms with Crippen LogP contribution in [0.15, 0.2) is 107 Å². The first-order chi connectivity index (χ1) is 19.1. The fraction of sp³-hybridized carbons (Fsp3) is 0.107. The normalized spacial score (nSPS) is 15.2. The van der Waals surface area contributed by atoms with Gasteiger partial charge in [-0.1, -0.05) is 59.7 Å². The van der Waals surface area contributed by atoms with E-state index >= 15 is 0 Å². The van der Waals surface area contributed by atoms with Crippen molar-refractivity contribution in [3.8, 4) is 0 Å². The Morgan fingerprint density at radius 2 is 1.30 bits per heavy atom. The molecule has 5 rings (SSSR count). The molecule has 1 heterocycles. The van der Waals surface area contributed by atoms with E-state index in [1.54, 1.807) is 41.3 Å². The van der Waals surface area contributed by atoms with Gasteiger partial charge in [-0.15, -0.1) is 5.10 Å². The van der Waals surface area contributed by atoms with Crippen LogP contribution in [-0.2, 0) is 10.0 Å². The van der Waals surface area contributed by atoms with Gasteiger partial charge >= 0.3 is 0 Å². The Hall–Kier alpha value is -5.10. The third-order valence-electron chi connectivity index (χ3n) is 6.45. The molecule has 0 aromatic heterocycles. The highest BCUT2D eigenvalue weighted by atomic mass is 32.2. The number of hydrogen-bond donors (Lipinski definition) is 0. The molecule has 11 nitrogen and oxygen atoms in total. The van der Waals surface area contributed by atoms with Crippen molar-refractivity contribution in [3.63, 3.8) is 0 Å². The van der Waals surface area contributed by atoms with Crippen molar-refractivity contribution in [2.75, 3.05) is 4.90 Å². The van der Waals surface area contributed by atoms with Crippen LogP contribution in [0.25, 0.3) is 0 Å². The van der Waals surface area contributed by atoms with Gasteiger partial charge in [0, 0.05) is 41.1 Å². The molecular formula is C28H23N5O6S. The van der Waals surface area contributed by atoms with Gasteiger partial charge in [-0.05, 0) is 38.1 Å². The molecule has 0 radical (unpaired) electrons. The average molecular weight is 558 g/mol. The summed E-state index contributed by atoms with van der Waals surface area (Å²) in [4.78, 5) is 23.7. The van der Waals surface area contributed by atoms with Crippen molar-refractivity contribution in [2.24, 2.45) is 5.10 Å². The summed E-state index contributed by atoms with van der Waals surface area (Å²) in [5.41, 5.74) is 2.51. The highest BCUT2D eigenvalue weighted by Gasteiger charge is 2.44. The maximum atomic E-state index is 14.1. The first-order valence-electron chi connectivity index (χ1n) is 12.1. The van der Waals surface area contributed by atoms with Crippen LogP contribution in [0.1, 0.15) is 28.4 Å². The predicted octanol–water partition coefficient (Wildman–Crippen LogP) is 5.69. The Labute approximate surface area is 230 Å². The van der Waals surface area contributed by atoms with E-state index in [4.69, 9.17) is 0 Å².